The Bertz CT molecular complexity index is 1140. The average Bonchev–Trinajstić information content (AvgIpc) is 2.77. The summed E-state index contributed by atoms with van der Waals surface area (Å²) in [6.45, 7) is 7.76. The van der Waals surface area contributed by atoms with E-state index in [0.717, 1.165) is 29.7 Å². The van der Waals surface area contributed by atoms with Gasteiger partial charge in [-0.1, -0.05) is 18.2 Å². The molecule has 2 aromatic heterocycles. The van der Waals surface area contributed by atoms with Gasteiger partial charge in [0.2, 0.25) is 0 Å². The number of aryl methyl sites for hydroxylation is 3. The Morgan fingerprint density at radius 2 is 1.84 bits per heavy atom. The largest absolute Gasteiger partial charge is 0.352 e. The second-order valence-electron chi connectivity index (χ2n) is 7.96. The lowest BCUT2D eigenvalue weighted by atomic mass is 10.1. The third-order valence-electron chi connectivity index (χ3n) is 5.85. The number of para-hydroxylation sites is 1. The maximum absolute atomic E-state index is 13.0. The molecule has 3 aromatic rings. The Kier molecular flexibility index (Phi) is 5.88. The number of nitrogens with one attached hydrogen (secondary N) is 2. The van der Waals surface area contributed by atoms with Crippen LogP contribution in [0.3, 0.4) is 0 Å². The molecule has 0 aliphatic carbocycles. The average molecular weight is 421 g/mol. The number of urea groups is 1. The third kappa shape index (κ3) is 4.23. The normalized spacial score (nSPS) is 14.6. The molecule has 2 amide bonds. The van der Waals surface area contributed by atoms with Crippen molar-refractivity contribution in [2.45, 2.75) is 46.2 Å². The number of aromatic nitrogens is 3. The first kappa shape index (κ1) is 20.8. The molecule has 2 N–H and O–H groups in total. The summed E-state index contributed by atoms with van der Waals surface area (Å²) in [4.78, 5) is 36.4. The van der Waals surface area contributed by atoms with Crippen LogP contribution >= 0.6 is 0 Å². The van der Waals surface area contributed by atoms with Crippen molar-refractivity contribution in [3.63, 3.8) is 0 Å². The molecular weight excluding hydrogens is 392 g/mol. The fourth-order valence-corrected chi connectivity index (χ4v) is 4.14. The van der Waals surface area contributed by atoms with Crippen molar-refractivity contribution >= 4 is 28.7 Å². The van der Waals surface area contributed by atoms with Crippen LogP contribution in [0.2, 0.25) is 0 Å². The lowest BCUT2D eigenvalue weighted by Crippen LogP contribution is -2.47. The molecule has 0 unspecified atom stereocenters. The fourth-order valence-electron chi connectivity index (χ4n) is 4.14. The minimum Gasteiger partial charge on any atom is -0.352 e. The number of nitrogens with zero attached hydrogens (tertiary/aromatic N) is 4. The summed E-state index contributed by atoms with van der Waals surface area (Å²) in [5.41, 5.74) is 4.13. The molecule has 1 saturated heterocycles. The van der Waals surface area contributed by atoms with Gasteiger partial charge < -0.3 is 15.5 Å². The molecule has 0 radical (unpaired) electrons. The van der Waals surface area contributed by atoms with Crippen LogP contribution < -0.4 is 21.1 Å². The molecule has 4 rings (SSSR count). The van der Waals surface area contributed by atoms with Crippen molar-refractivity contribution in [3.05, 3.63) is 58.0 Å². The van der Waals surface area contributed by atoms with Crippen LogP contribution in [-0.4, -0.2) is 39.7 Å². The Labute approximate surface area is 181 Å². The van der Waals surface area contributed by atoms with Crippen LogP contribution in [0.5, 0.6) is 0 Å². The van der Waals surface area contributed by atoms with Crippen molar-refractivity contribution < 1.29 is 4.79 Å². The van der Waals surface area contributed by atoms with Crippen LogP contribution in [0.15, 0.2) is 41.3 Å². The van der Waals surface area contributed by atoms with Crippen LogP contribution in [0, 0.1) is 13.8 Å². The first-order valence-corrected chi connectivity index (χ1v) is 10.7. The van der Waals surface area contributed by atoms with Gasteiger partial charge in [-0.15, -0.1) is 0 Å². The number of anilines is 2. The van der Waals surface area contributed by atoms with Crippen molar-refractivity contribution in [1.82, 2.24) is 19.9 Å². The molecule has 1 aliphatic rings. The molecule has 162 valence electrons. The topological polar surface area (TPSA) is 92.2 Å². The first-order valence-electron chi connectivity index (χ1n) is 10.7. The molecule has 8 heteroatoms. The second kappa shape index (κ2) is 8.75. The van der Waals surface area contributed by atoms with Gasteiger partial charge in [0, 0.05) is 37.6 Å². The molecule has 31 heavy (non-hydrogen) atoms. The van der Waals surface area contributed by atoms with E-state index in [2.05, 4.69) is 20.6 Å². The Morgan fingerprint density at radius 3 is 2.52 bits per heavy atom. The number of carbonyl (C=O) groups excluding carboxylic acids is 1. The van der Waals surface area contributed by atoms with E-state index in [0.29, 0.717) is 36.6 Å². The van der Waals surface area contributed by atoms with Gasteiger partial charge in [-0.2, -0.15) is 0 Å². The summed E-state index contributed by atoms with van der Waals surface area (Å²) in [5, 5.41) is 6.05. The van der Waals surface area contributed by atoms with Crippen molar-refractivity contribution in [2.75, 3.05) is 23.3 Å². The van der Waals surface area contributed by atoms with E-state index in [1.165, 1.54) is 0 Å². The number of fused-ring (bicyclic) bond motifs is 1. The van der Waals surface area contributed by atoms with Crippen molar-refractivity contribution in [2.24, 2.45) is 0 Å². The molecule has 0 spiro atoms. The predicted molar refractivity (Wildman–Crippen MR) is 123 cm³/mol. The highest BCUT2D eigenvalue weighted by Crippen LogP contribution is 2.20. The number of pyridine rings is 1. The third-order valence-corrected chi connectivity index (χ3v) is 5.85. The zero-order chi connectivity index (χ0) is 22.0. The standard InChI is InChI=1S/C23H28N6O2/c1-4-29-20-18(9-6-12-24-20)26-21(22(29)30)28-13-10-17(11-14-28)25-23(31)27-19-15(2)7-5-8-16(19)3/h5-9,12,17H,4,10-11,13-14H2,1-3H3,(H2,25,27,31). The summed E-state index contributed by atoms with van der Waals surface area (Å²) in [7, 11) is 0. The molecule has 1 aliphatic heterocycles. The summed E-state index contributed by atoms with van der Waals surface area (Å²) < 4.78 is 1.67. The highest BCUT2D eigenvalue weighted by Gasteiger charge is 2.25. The van der Waals surface area contributed by atoms with E-state index in [1.54, 1.807) is 10.8 Å². The minimum absolute atomic E-state index is 0.0519. The van der Waals surface area contributed by atoms with Gasteiger partial charge in [-0.3, -0.25) is 9.36 Å². The van der Waals surface area contributed by atoms with Gasteiger partial charge in [0.15, 0.2) is 11.5 Å². The molecular formula is C23H28N6O2. The van der Waals surface area contributed by atoms with E-state index in [-0.39, 0.29) is 17.6 Å². The van der Waals surface area contributed by atoms with Gasteiger partial charge in [0.25, 0.3) is 5.56 Å². The predicted octanol–water partition coefficient (Wildman–Crippen LogP) is 3.22. The van der Waals surface area contributed by atoms with E-state index >= 15 is 0 Å². The smallest absolute Gasteiger partial charge is 0.319 e. The van der Waals surface area contributed by atoms with Gasteiger partial charge in [-0.25, -0.2) is 14.8 Å². The number of rotatable bonds is 4. The van der Waals surface area contributed by atoms with E-state index in [1.807, 2.05) is 56.0 Å². The van der Waals surface area contributed by atoms with Crippen molar-refractivity contribution in [1.29, 1.82) is 0 Å². The quantitative estimate of drug-likeness (QED) is 0.676. The number of hydrogen-bond acceptors (Lipinski definition) is 5. The van der Waals surface area contributed by atoms with Crippen LogP contribution in [0.1, 0.15) is 30.9 Å². The lowest BCUT2D eigenvalue weighted by Gasteiger charge is -2.33. The molecule has 0 atom stereocenters. The summed E-state index contributed by atoms with van der Waals surface area (Å²) in [6, 6.07) is 9.51. The fraction of sp³-hybridized carbons (Fsp3) is 0.391. The van der Waals surface area contributed by atoms with Gasteiger partial charge >= 0.3 is 6.03 Å². The zero-order valence-electron chi connectivity index (χ0n) is 18.2. The number of benzene rings is 1. The van der Waals surface area contributed by atoms with Crippen LogP contribution in [0.25, 0.3) is 11.2 Å². The van der Waals surface area contributed by atoms with Gasteiger partial charge in [0.1, 0.15) is 5.52 Å². The monoisotopic (exact) mass is 420 g/mol. The Hall–Kier alpha value is -3.42. The second-order valence-corrected chi connectivity index (χ2v) is 7.96. The van der Waals surface area contributed by atoms with Crippen LogP contribution in [0.4, 0.5) is 16.3 Å². The van der Waals surface area contributed by atoms with E-state index < -0.39 is 0 Å². The Morgan fingerprint density at radius 1 is 1.13 bits per heavy atom. The van der Waals surface area contributed by atoms with E-state index in [9.17, 15) is 9.59 Å². The van der Waals surface area contributed by atoms with E-state index in [4.69, 9.17) is 0 Å². The SMILES string of the molecule is CCn1c(=O)c(N2CCC(NC(=O)Nc3c(C)cccc3C)CC2)nc2cccnc21. The number of carbonyl (C=O) groups is 1. The highest BCUT2D eigenvalue weighted by atomic mass is 16.2. The summed E-state index contributed by atoms with van der Waals surface area (Å²) in [6.07, 6.45) is 3.17. The molecule has 0 saturated carbocycles. The summed E-state index contributed by atoms with van der Waals surface area (Å²) in [5.74, 6) is 0.459. The van der Waals surface area contributed by atoms with Gasteiger partial charge in [0.05, 0.1) is 0 Å². The first-order chi connectivity index (χ1) is 15.0. The number of hydrogen-bond donors (Lipinski definition) is 2. The minimum atomic E-state index is -0.195. The highest BCUT2D eigenvalue weighted by molar-refractivity contribution is 5.91. The summed E-state index contributed by atoms with van der Waals surface area (Å²) >= 11 is 0. The molecule has 8 nitrogen and oxygen atoms in total. The van der Waals surface area contributed by atoms with Crippen LogP contribution in [-0.2, 0) is 6.54 Å². The molecule has 0 bridgehead atoms. The molecule has 3 heterocycles. The maximum atomic E-state index is 13.0. The number of amides is 2. The van der Waals surface area contributed by atoms with Crippen molar-refractivity contribution in [3.8, 4) is 0 Å². The molecule has 1 fully saturated rings. The lowest BCUT2D eigenvalue weighted by molar-refractivity contribution is 0.246. The zero-order valence-corrected chi connectivity index (χ0v) is 18.2. The maximum Gasteiger partial charge on any atom is 0.319 e. The van der Waals surface area contributed by atoms with Gasteiger partial charge in [-0.05, 0) is 56.9 Å². The number of piperidine rings is 1. The Balaban J connectivity index is 1.43. The molecule has 1 aromatic carbocycles.